The molecule has 0 N–H and O–H groups in total. The first kappa shape index (κ1) is 16.2. The van der Waals surface area contributed by atoms with E-state index in [1.165, 1.54) is 11.1 Å². The third-order valence-corrected chi connectivity index (χ3v) is 4.14. The lowest BCUT2D eigenvalue weighted by Gasteiger charge is -2.14. The summed E-state index contributed by atoms with van der Waals surface area (Å²) in [6, 6.07) is 12.2. The Kier molecular flexibility index (Phi) is 5.96. The van der Waals surface area contributed by atoms with E-state index >= 15 is 0 Å². The first-order valence-corrected chi connectivity index (χ1v) is 8.17. The molecule has 3 heteroatoms. The maximum atomic E-state index is 6.04. The van der Waals surface area contributed by atoms with Crippen molar-refractivity contribution < 1.29 is 4.74 Å². The molecule has 1 nitrogen and oxygen atoms in total. The van der Waals surface area contributed by atoms with Crippen molar-refractivity contribution in [3.63, 3.8) is 0 Å². The van der Waals surface area contributed by atoms with Gasteiger partial charge in [0.15, 0.2) is 0 Å². The molecule has 0 aliphatic heterocycles. The Hall–Kier alpha value is -1.18. The maximum absolute atomic E-state index is 6.04. The predicted octanol–water partition coefficient (Wildman–Crippen LogP) is 5.78. The highest BCUT2D eigenvalue weighted by Crippen LogP contribution is 2.24. The molecule has 0 aliphatic carbocycles. The Bertz CT molecular complexity index is 608. The van der Waals surface area contributed by atoms with Crippen LogP contribution in [0.15, 0.2) is 36.4 Å². The number of rotatable bonds is 6. The van der Waals surface area contributed by atoms with Gasteiger partial charge in [0, 0.05) is 10.9 Å². The molecule has 112 valence electrons. The summed E-state index contributed by atoms with van der Waals surface area (Å²) in [5.41, 5.74) is 4.62. The molecule has 0 atom stereocenters. The van der Waals surface area contributed by atoms with E-state index < -0.39 is 0 Å². The second-order valence-corrected chi connectivity index (χ2v) is 5.69. The second-order valence-electron chi connectivity index (χ2n) is 4.98. The summed E-state index contributed by atoms with van der Waals surface area (Å²) in [6.07, 6.45) is 1.97. The van der Waals surface area contributed by atoms with E-state index in [1.807, 2.05) is 18.2 Å². The van der Waals surface area contributed by atoms with E-state index in [-0.39, 0.29) is 0 Å². The smallest absolute Gasteiger partial charge is 0.123 e. The molecule has 0 spiro atoms. The zero-order chi connectivity index (χ0) is 15.2. The fourth-order valence-corrected chi connectivity index (χ4v) is 2.70. The molecule has 0 saturated heterocycles. The Morgan fingerprint density at radius 3 is 2.33 bits per heavy atom. The van der Waals surface area contributed by atoms with Gasteiger partial charge in [-0.25, -0.2) is 0 Å². The van der Waals surface area contributed by atoms with E-state index in [9.17, 15) is 0 Å². The van der Waals surface area contributed by atoms with Crippen molar-refractivity contribution in [2.24, 2.45) is 0 Å². The van der Waals surface area contributed by atoms with Crippen LogP contribution in [0.2, 0.25) is 5.02 Å². The molecule has 2 aromatic carbocycles. The van der Waals surface area contributed by atoms with Crippen LogP contribution in [0.1, 0.15) is 36.1 Å². The average Bonchev–Trinajstić information content (AvgIpc) is 2.53. The average molecular weight is 323 g/mol. The summed E-state index contributed by atoms with van der Waals surface area (Å²) in [6.45, 7) is 4.80. The maximum Gasteiger partial charge on any atom is 0.123 e. The first-order valence-electron chi connectivity index (χ1n) is 7.25. The lowest BCUT2D eigenvalue weighted by atomic mass is 10.1. The van der Waals surface area contributed by atoms with Gasteiger partial charge in [0.2, 0.25) is 0 Å². The molecule has 0 amide bonds. The molecule has 0 radical (unpaired) electrons. The largest absolute Gasteiger partial charge is 0.489 e. The van der Waals surface area contributed by atoms with E-state index in [1.54, 1.807) is 0 Å². The highest BCUT2D eigenvalue weighted by Gasteiger charge is 2.07. The summed E-state index contributed by atoms with van der Waals surface area (Å²) in [5, 5.41) is 0.705. The normalized spacial score (nSPS) is 10.7. The van der Waals surface area contributed by atoms with Crippen molar-refractivity contribution in [2.75, 3.05) is 0 Å². The predicted molar refractivity (Wildman–Crippen MR) is 90.5 cm³/mol. The van der Waals surface area contributed by atoms with E-state index in [0.717, 1.165) is 29.7 Å². The van der Waals surface area contributed by atoms with Crippen LogP contribution in [0, 0.1) is 0 Å². The van der Waals surface area contributed by atoms with Crippen LogP contribution in [0.25, 0.3) is 0 Å². The van der Waals surface area contributed by atoms with Crippen LogP contribution in [0.3, 0.4) is 0 Å². The minimum absolute atomic E-state index is 0.439. The third kappa shape index (κ3) is 4.15. The topological polar surface area (TPSA) is 9.23 Å². The molecular formula is C18H20Cl2O. The molecule has 0 heterocycles. The van der Waals surface area contributed by atoms with Gasteiger partial charge in [-0.15, -0.1) is 11.6 Å². The van der Waals surface area contributed by atoms with Gasteiger partial charge in [-0.2, -0.15) is 0 Å². The highest BCUT2D eigenvalue weighted by molar-refractivity contribution is 6.30. The number of hydrogen-bond acceptors (Lipinski definition) is 1. The van der Waals surface area contributed by atoms with Crippen LogP contribution in [-0.4, -0.2) is 0 Å². The number of aryl methyl sites for hydroxylation is 2. The van der Waals surface area contributed by atoms with Crippen molar-refractivity contribution in [1.29, 1.82) is 0 Å². The third-order valence-electron chi connectivity index (χ3n) is 3.62. The molecule has 2 rings (SSSR count). The van der Waals surface area contributed by atoms with Crippen molar-refractivity contribution in [3.05, 3.63) is 63.7 Å². The van der Waals surface area contributed by atoms with Gasteiger partial charge in [0.25, 0.3) is 0 Å². The summed E-state index contributed by atoms with van der Waals surface area (Å²) < 4.78 is 6.04. The quantitative estimate of drug-likeness (QED) is 0.612. The molecule has 2 aromatic rings. The number of hydrogen-bond donors (Lipinski definition) is 0. The Labute approximate surface area is 136 Å². The highest BCUT2D eigenvalue weighted by atomic mass is 35.5. The van der Waals surface area contributed by atoms with Gasteiger partial charge in [-0.1, -0.05) is 43.6 Å². The summed E-state index contributed by atoms with van der Waals surface area (Å²) in [4.78, 5) is 0. The van der Waals surface area contributed by atoms with Crippen molar-refractivity contribution in [1.82, 2.24) is 0 Å². The minimum Gasteiger partial charge on any atom is -0.489 e. The molecule has 0 unspecified atom stereocenters. The Morgan fingerprint density at radius 2 is 1.67 bits per heavy atom. The number of ether oxygens (including phenoxy) is 1. The fourth-order valence-electron chi connectivity index (χ4n) is 2.26. The van der Waals surface area contributed by atoms with Gasteiger partial charge < -0.3 is 4.74 Å². The standard InChI is InChI=1S/C18H20Cl2O/c1-3-13-5-6-14(4-2)18(9-13)21-12-15-7-8-17(20)10-16(15)11-19/h5-10H,3-4,11-12H2,1-2H3. The first-order chi connectivity index (χ1) is 10.2. The van der Waals surface area contributed by atoms with Crippen molar-refractivity contribution >= 4 is 23.2 Å². The van der Waals surface area contributed by atoms with Crippen LogP contribution in [-0.2, 0) is 25.3 Å². The number of benzene rings is 2. The lowest BCUT2D eigenvalue weighted by molar-refractivity contribution is 0.302. The van der Waals surface area contributed by atoms with Crippen molar-refractivity contribution in [2.45, 2.75) is 39.2 Å². The zero-order valence-corrected chi connectivity index (χ0v) is 14.0. The summed E-state index contributed by atoms with van der Waals surface area (Å²) in [5.74, 6) is 1.40. The molecule has 0 fully saturated rings. The zero-order valence-electron chi connectivity index (χ0n) is 12.5. The van der Waals surface area contributed by atoms with Crippen LogP contribution < -0.4 is 4.74 Å². The van der Waals surface area contributed by atoms with Crippen molar-refractivity contribution in [3.8, 4) is 5.75 Å². The van der Waals surface area contributed by atoms with Gasteiger partial charge in [-0.05, 0) is 53.3 Å². The number of alkyl halides is 1. The van der Waals surface area contributed by atoms with Gasteiger partial charge in [0.05, 0.1) is 0 Å². The lowest BCUT2D eigenvalue weighted by Crippen LogP contribution is -2.02. The monoisotopic (exact) mass is 322 g/mol. The summed E-state index contributed by atoms with van der Waals surface area (Å²) >= 11 is 12.0. The molecule has 21 heavy (non-hydrogen) atoms. The van der Waals surface area contributed by atoms with E-state index in [2.05, 4.69) is 32.0 Å². The minimum atomic E-state index is 0.439. The molecular weight excluding hydrogens is 303 g/mol. The summed E-state index contributed by atoms with van der Waals surface area (Å²) in [7, 11) is 0. The fraction of sp³-hybridized carbons (Fsp3) is 0.333. The molecule has 0 aromatic heterocycles. The van der Waals surface area contributed by atoms with Crippen LogP contribution >= 0.6 is 23.2 Å². The van der Waals surface area contributed by atoms with Crippen LogP contribution in [0.5, 0.6) is 5.75 Å². The molecule has 0 aliphatic rings. The SMILES string of the molecule is CCc1ccc(CC)c(OCc2ccc(Cl)cc2CCl)c1. The van der Waals surface area contributed by atoms with E-state index in [0.29, 0.717) is 17.5 Å². The second kappa shape index (κ2) is 7.72. The van der Waals surface area contributed by atoms with Crippen LogP contribution in [0.4, 0.5) is 0 Å². The van der Waals surface area contributed by atoms with Gasteiger partial charge in [-0.3, -0.25) is 0 Å². The molecule has 0 bridgehead atoms. The molecule has 0 saturated carbocycles. The van der Waals surface area contributed by atoms with E-state index in [4.69, 9.17) is 27.9 Å². The Morgan fingerprint density at radius 1 is 0.905 bits per heavy atom. The van der Waals surface area contributed by atoms with Gasteiger partial charge in [0.1, 0.15) is 12.4 Å². The number of halogens is 2. The van der Waals surface area contributed by atoms with Gasteiger partial charge >= 0.3 is 0 Å². The Balaban J connectivity index is 2.19.